The zero-order chi connectivity index (χ0) is 15.0. The van der Waals surface area contributed by atoms with Gasteiger partial charge in [-0.2, -0.15) is 0 Å². The van der Waals surface area contributed by atoms with E-state index in [2.05, 4.69) is 5.32 Å². The maximum atomic E-state index is 9.57. The zero-order valence-corrected chi connectivity index (χ0v) is 12.7. The van der Waals surface area contributed by atoms with Crippen LogP contribution < -0.4 is 5.32 Å². The number of hydrogen-bond acceptors (Lipinski definition) is 3. The topological polar surface area (TPSA) is 45.4 Å². The highest BCUT2D eigenvalue weighted by atomic mass is 35.5. The maximum absolute atomic E-state index is 9.57. The number of nitrogens with one attached hydrogen (secondary N) is 1. The average Bonchev–Trinajstić information content (AvgIpc) is 2.88. The van der Waals surface area contributed by atoms with Crippen molar-refractivity contribution >= 4 is 39.9 Å². The minimum Gasteiger partial charge on any atom is -0.505 e. The second kappa shape index (κ2) is 5.51. The van der Waals surface area contributed by atoms with Crippen molar-refractivity contribution in [3.63, 3.8) is 0 Å². The molecule has 0 aliphatic heterocycles. The molecule has 0 saturated carbocycles. The fourth-order valence-corrected chi connectivity index (χ4v) is 2.67. The first-order chi connectivity index (χ1) is 10.0. The predicted octanol–water partition coefficient (Wildman–Crippen LogP) is 5.62. The number of fused-ring (bicyclic) bond motifs is 1. The van der Waals surface area contributed by atoms with Crippen molar-refractivity contribution in [2.24, 2.45) is 0 Å². The van der Waals surface area contributed by atoms with Gasteiger partial charge < -0.3 is 14.8 Å². The number of phenolic OH excluding ortho intramolecular Hbond substituents is 1. The molecule has 0 spiro atoms. The summed E-state index contributed by atoms with van der Waals surface area (Å²) in [5.41, 5.74) is 1.57. The van der Waals surface area contributed by atoms with Crippen LogP contribution in [0, 0.1) is 0 Å². The molecule has 108 valence electrons. The van der Waals surface area contributed by atoms with E-state index in [1.807, 2.05) is 37.3 Å². The number of furan rings is 1. The van der Waals surface area contributed by atoms with Crippen LogP contribution in [0.4, 0.5) is 5.69 Å². The van der Waals surface area contributed by atoms with Gasteiger partial charge in [0, 0.05) is 11.1 Å². The molecule has 0 saturated heterocycles. The normalized spacial score (nSPS) is 12.5. The number of rotatable bonds is 3. The van der Waals surface area contributed by atoms with Crippen LogP contribution in [0.5, 0.6) is 5.75 Å². The first kappa shape index (κ1) is 14.1. The predicted molar refractivity (Wildman–Crippen MR) is 86.4 cm³/mol. The largest absolute Gasteiger partial charge is 0.505 e. The standard InChI is InChI=1S/C16H13Cl2NO2/c1-9(15-6-10-4-2-3-5-14(10)21-15)19-11-7-12(17)16(20)13(18)8-11/h2-9,19-20H,1H3. The molecule has 0 fully saturated rings. The van der Waals surface area contributed by atoms with E-state index in [4.69, 9.17) is 27.6 Å². The Hall–Kier alpha value is -1.84. The number of para-hydroxylation sites is 1. The summed E-state index contributed by atoms with van der Waals surface area (Å²) in [6.07, 6.45) is 0. The highest BCUT2D eigenvalue weighted by Gasteiger charge is 2.13. The Bertz CT molecular complexity index is 742. The summed E-state index contributed by atoms with van der Waals surface area (Å²) in [5, 5.41) is 14.3. The molecule has 3 rings (SSSR count). The van der Waals surface area contributed by atoms with Crippen LogP contribution in [-0.4, -0.2) is 5.11 Å². The number of anilines is 1. The van der Waals surface area contributed by atoms with Crippen molar-refractivity contribution in [1.82, 2.24) is 0 Å². The van der Waals surface area contributed by atoms with E-state index >= 15 is 0 Å². The number of halogens is 2. The fourth-order valence-electron chi connectivity index (χ4n) is 2.19. The quantitative estimate of drug-likeness (QED) is 0.615. The molecular formula is C16H13Cl2NO2. The Kier molecular flexibility index (Phi) is 3.70. The lowest BCUT2D eigenvalue weighted by atomic mass is 10.2. The summed E-state index contributed by atoms with van der Waals surface area (Å²) >= 11 is 11.8. The van der Waals surface area contributed by atoms with E-state index in [1.165, 1.54) is 0 Å². The van der Waals surface area contributed by atoms with Gasteiger partial charge in [-0.3, -0.25) is 0 Å². The summed E-state index contributed by atoms with van der Waals surface area (Å²) in [4.78, 5) is 0. The zero-order valence-electron chi connectivity index (χ0n) is 11.2. The van der Waals surface area contributed by atoms with Crippen LogP contribution in [0.2, 0.25) is 10.0 Å². The molecule has 3 nitrogen and oxygen atoms in total. The van der Waals surface area contributed by atoms with Crippen molar-refractivity contribution in [2.45, 2.75) is 13.0 Å². The Morgan fingerprint density at radius 3 is 2.43 bits per heavy atom. The van der Waals surface area contributed by atoms with E-state index in [9.17, 15) is 5.11 Å². The molecule has 5 heteroatoms. The molecule has 1 atom stereocenters. The third kappa shape index (κ3) is 2.80. The molecule has 2 N–H and O–H groups in total. The third-order valence-electron chi connectivity index (χ3n) is 3.27. The molecule has 2 aromatic carbocycles. The van der Waals surface area contributed by atoms with Crippen molar-refractivity contribution in [3.05, 3.63) is 58.3 Å². The first-order valence-corrected chi connectivity index (χ1v) is 7.23. The van der Waals surface area contributed by atoms with Gasteiger partial charge >= 0.3 is 0 Å². The minimum absolute atomic E-state index is 0.0610. The van der Waals surface area contributed by atoms with E-state index in [0.717, 1.165) is 22.4 Å². The Morgan fingerprint density at radius 1 is 1.10 bits per heavy atom. The maximum Gasteiger partial charge on any atom is 0.152 e. The van der Waals surface area contributed by atoms with Gasteiger partial charge in [0.25, 0.3) is 0 Å². The van der Waals surface area contributed by atoms with Crippen molar-refractivity contribution in [2.75, 3.05) is 5.32 Å². The second-order valence-corrected chi connectivity index (χ2v) is 5.66. The lowest BCUT2D eigenvalue weighted by Crippen LogP contribution is -2.05. The van der Waals surface area contributed by atoms with Crippen LogP contribution >= 0.6 is 23.2 Å². The highest BCUT2D eigenvalue weighted by molar-refractivity contribution is 6.37. The van der Waals surface area contributed by atoms with Gasteiger partial charge in [-0.05, 0) is 31.2 Å². The van der Waals surface area contributed by atoms with E-state index in [1.54, 1.807) is 12.1 Å². The number of aromatic hydroxyl groups is 1. The van der Waals surface area contributed by atoms with Crippen molar-refractivity contribution in [1.29, 1.82) is 0 Å². The van der Waals surface area contributed by atoms with Crippen molar-refractivity contribution in [3.8, 4) is 5.75 Å². The molecule has 1 unspecified atom stereocenters. The monoisotopic (exact) mass is 321 g/mol. The van der Waals surface area contributed by atoms with E-state index < -0.39 is 0 Å². The number of phenols is 1. The lowest BCUT2D eigenvalue weighted by Gasteiger charge is -2.14. The second-order valence-electron chi connectivity index (χ2n) is 4.84. The van der Waals surface area contributed by atoms with Crippen LogP contribution in [0.25, 0.3) is 11.0 Å². The smallest absolute Gasteiger partial charge is 0.152 e. The van der Waals surface area contributed by atoms with Gasteiger partial charge in [0.05, 0.1) is 16.1 Å². The third-order valence-corrected chi connectivity index (χ3v) is 3.85. The number of benzene rings is 2. The Morgan fingerprint density at radius 2 is 1.76 bits per heavy atom. The van der Waals surface area contributed by atoms with E-state index in [0.29, 0.717) is 0 Å². The van der Waals surface area contributed by atoms with Crippen LogP contribution in [-0.2, 0) is 0 Å². The number of hydrogen-bond donors (Lipinski definition) is 2. The fraction of sp³-hybridized carbons (Fsp3) is 0.125. The summed E-state index contributed by atoms with van der Waals surface area (Å²) < 4.78 is 5.81. The van der Waals surface area contributed by atoms with Crippen LogP contribution in [0.1, 0.15) is 18.7 Å². The summed E-state index contributed by atoms with van der Waals surface area (Å²) in [5.74, 6) is 0.705. The molecular weight excluding hydrogens is 309 g/mol. The SMILES string of the molecule is CC(Nc1cc(Cl)c(O)c(Cl)c1)c1cc2ccccc2o1. The molecule has 1 heterocycles. The molecule has 21 heavy (non-hydrogen) atoms. The molecule has 0 amide bonds. The summed E-state index contributed by atoms with van der Waals surface area (Å²) in [7, 11) is 0. The Balaban J connectivity index is 1.87. The molecule has 0 radical (unpaired) electrons. The Labute approximate surface area is 132 Å². The van der Waals surface area contributed by atoms with Gasteiger partial charge in [-0.1, -0.05) is 41.4 Å². The molecule has 3 aromatic rings. The average molecular weight is 322 g/mol. The van der Waals surface area contributed by atoms with Gasteiger partial charge in [0.1, 0.15) is 11.3 Å². The molecule has 0 aliphatic rings. The first-order valence-electron chi connectivity index (χ1n) is 6.47. The highest BCUT2D eigenvalue weighted by Crippen LogP contribution is 2.36. The minimum atomic E-state index is -0.111. The van der Waals surface area contributed by atoms with Gasteiger partial charge in [-0.25, -0.2) is 0 Å². The molecule has 0 bridgehead atoms. The summed E-state index contributed by atoms with van der Waals surface area (Å²) in [6, 6.07) is 13.0. The van der Waals surface area contributed by atoms with Crippen molar-refractivity contribution < 1.29 is 9.52 Å². The van der Waals surface area contributed by atoms with Gasteiger partial charge in [0.2, 0.25) is 0 Å². The van der Waals surface area contributed by atoms with Gasteiger partial charge in [-0.15, -0.1) is 0 Å². The van der Waals surface area contributed by atoms with Gasteiger partial charge in [0.15, 0.2) is 5.75 Å². The molecule has 1 aromatic heterocycles. The van der Waals surface area contributed by atoms with Crippen LogP contribution in [0.15, 0.2) is 46.9 Å². The van der Waals surface area contributed by atoms with Crippen LogP contribution in [0.3, 0.4) is 0 Å². The lowest BCUT2D eigenvalue weighted by molar-refractivity contribution is 0.476. The molecule has 0 aliphatic carbocycles. The summed E-state index contributed by atoms with van der Waals surface area (Å²) in [6.45, 7) is 1.98. The van der Waals surface area contributed by atoms with E-state index in [-0.39, 0.29) is 21.8 Å².